The summed E-state index contributed by atoms with van der Waals surface area (Å²) in [5.74, 6) is 0.526. The number of methoxy groups -OCH3 is 1. The summed E-state index contributed by atoms with van der Waals surface area (Å²) in [6.45, 7) is 0. The number of nitrogens with one attached hydrogen (secondary N) is 1. The molecule has 0 saturated carbocycles. The van der Waals surface area contributed by atoms with E-state index in [2.05, 4.69) is 26.5 Å². The maximum atomic E-state index is 12.1. The molecule has 0 saturated heterocycles. The van der Waals surface area contributed by atoms with E-state index in [1.165, 1.54) is 0 Å². The van der Waals surface area contributed by atoms with Gasteiger partial charge >= 0.3 is 0 Å². The van der Waals surface area contributed by atoms with E-state index in [0.29, 0.717) is 5.56 Å². The number of hydrogen-bond donors (Lipinski definition) is 1. The van der Waals surface area contributed by atoms with Crippen LogP contribution in [0.3, 0.4) is 0 Å². The summed E-state index contributed by atoms with van der Waals surface area (Å²) in [5, 5.41) is 4.06. The molecule has 0 aliphatic rings. The number of hydrogen-bond acceptors (Lipinski definition) is 3. The van der Waals surface area contributed by atoms with Crippen molar-refractivity contribution in [2.45, 2.75) is 0 Å². The highest BCUT2D eigenvalue weighted by Gasteiger charge is 2.08. The van der Waals surface area contributed by atoms with Gasteiger partial charge < -0.3 is 9.30 Å². The predicted molar refractivity (Wildman–Crippen MR) is 102 cm³/mol. The van der Waals surface area contributed by atoms with Gasteiger partial charge in [-0.1, -0.05) is 12.1 Å². The summed E-state index contributed by atoms with van der Waals surface area (Å²) in [5.41, 5.74) is 4.90. The molecule has 126 valence electrons. The fraction of sp³-hybridized carbons (Fsp3) is 0.0526. The lowest BCUT2D eigenvalue weighted by Crippen LogP contribution is -2.18. The average Bonchev–Trinajstić information content (AvgIpc) is 3.10. The first-order valence-electron chi connectivity index (χ1n) is 7.59. The van der Waals surface area contributed by atoms with Crippen molar-refractivity contribution < 1.29 is 9.53 Å². The monoisotopic (exact) mass is 397 g/mol. The van der Waals surface area contributed by atoms with Crippen molar-refractivity contribution in [3.63, 3.8) is 0 Å². The molecule has 2 aromatic carbocycles. The lowest BCUT2D eigenvalue weighted by Gasteiger charge is -2.07. The summed E-state index contributed by atoms with van der Waals surface area (Å²) >= 11 is 3.35. The van der Waals surface area contributed by atoms with E-state index in [1.54, 1.807) is 25.5 Å². The maximum Gasteiger partial charge on any atom is 0.272 e. The van der Waals surface area contributed by atoms with Crippen LogP contribution in [0, 0.1) is 0 Å². The molecule has 0 spiro atoms. The molecule has 0 unspecified atom stereocenters. The number of carbonyl (C=O) groups is 1. The third-order valence-corrected chi connectivity index (χ3v) is 4.30. The van der Waals surface area contributed by atoms with Gasteiger partial charge in [0.1, 0.15) is 5.75 Å². The number of ether oxygens (including phenoxy) is 1. The third-order valence-electron chi connectivity index (χ3n) is 3.61. The maximum absolute atomic E-state index is 12.1. The van der Waals surface area contributed by atoms with Gasteiger partial charge in [0.2, 0.25) is 0 Å². The highest BCUT2D eigenvalue weighted by atomic mass is 79.9. The van der Waals surface area contributed by atoms with Crippen LogP contribution >= 0.6 is 15.9 Å². The van der Waals surface area contributed by atoms with Crippen LogP contribution in [-0.4, -0.2) is 23.8 Å². The minimum atomic E-state index is -0.272. The second-order valence-electron chi connectivity index (χ2n) is 5.18. The third kappa shape index (κ3) is 3.97. The van der Waals surface area contributed by atoms with Crippen LogP contribution < -0.4 is 10.2 Å². The van der Waals surface area contributed by atoms with Crippen LogP contribution in [0.4, 0.5) is 0 Å². The van der Waals surface area contributed by atoms with Crippen molar-refractivity contribution in [2.75, 3.05) is 7.11 Å². The molecule has 0 fully saturated rings. The molecule has 0 bridgehead atoms. The molecule has 25 heavy (non-hydrogen) atoms. The smallest absolute Gasteiger partial charge is 0.272 e. The average molecular weight is 398 g/mol. The summed E-state index contributed by atoms with van der Waals surface area (Å²) in [6, 6.07) is 18.7. The Bertz CT molecular complexity index is 901. The van der Waals surface area contributed by atoms with Crippen molar-refractivity contribution in [2.24, 2.45) is 5.10 Å². The number of carbonyl (C=O) groups excluding carboxylic acids is 1. The van der Waals surface area contributed by atoms with Gasteiger partial charge in [0, 0.05) is 16.4 Å². The van der Waals surface area contributed by atoms with Crippen molar-refractivity contribution in [3.8, 4) is 11.4 Å². The highest BCUT2D eigenvalue weighted by molar-refractivity contribution is 9.10. The minimum Gasteiger partial charge on any atom is -0.497 e. The first kappa shape index (κ1) is 17.0. The molecule has 1 N–H and O–H groups in total. The van der Waals surface area contributed by atoms with Crippen LogP contribution in [0.15, 0.2) is 76.4 Å². The Labute approximate surface area is 154 Å². The molecule has 0 aliphatic carbocycles. The van der Waals surface area contributed by atoms with E-state index in [1.807, 2.05) is 59.3 Å². The highest BCUT2D eigenvalue weighted by Crippen LogP contribution is 2.17. The normalized spacial score (nSPS) is 10.8. The fourth-order valence-electron chi connectivity index (χ4n) is 2.34. The van der Waals surface area contributed by atoms with Crippen molar-refractivity contribution in [1.82, 2.24) is 9.99 Å². The number of amides is 1. The Kier molecular flexibility index (Phi) is 5.30. The number of nitrogens with zero attached hydrogens (tertiary/aromatic N) is 2. The molecule has 1 aromatic heterocycles. The molecule has 3 aromatic rings. The van der Waals surface area contributed by atoms with Crippen LogP contribution in [0.2, 0.25) is 0 Å². The largest absolute Gasteiger partial charge is 0.497 e. The number of benzene rings is 2. The molecule has 5 nitrogen and oxygen atoms in total. The Balaban J connectivity index is 1.73. The van der Waals surface area contributed by atoms with Gasteiger partial charge in [-0.3, -0.25) is 4.79 Å². The zero-order chi connectivity index (χ0) is 17.6. The van der Waals surface area contributed by atoms with Gasteiger partial charge in [0.05, 0.1) is 24.6 Å². The standard InChI is InChI=1S/C19H16BrN3O2/c1-25-16-10-8-14(9-11-16)23-12-4-5-15(23)13-21-22-19(24)17-6-2-3-7-18(17)20/h2-13H,1H3,(H,22,24)/b21-13-. The van der Waals surface area contributed by atoms with Gasteiger partial charge in [-0.25, -0.2) is 5.43 Å². The molecule has 0 atom stereocenters. The molecule has 1 heterocycles. The molecular weight excluding hydrogens is 382 g/mol. The van der Waals surface area contributed by atoms with Gasteiger partial charge in [0.15, 0.2) is 0 Å². The van der Waals surface area contributed by atoms with E-state index in [4.69, 9.17) is 4.74 Å². The summed E-state index contributed by atoms with van der Waals surface area (Å²) in [4.78, 5) is 12.1. The first-order valence-corrected chi connectivity index (χ1v) is 8.38. The van der Waals surface area contributed by atoms with E-state index in [9.17, 15) is 4.79 Å². The number of rotatable bonds is 5. The summed E-state index contributed by atoms with van der Waals surface area (Å²) in [6.07, 6.45) is 3.54. The van der Waals surface area contributed by atoms with Crippen LogP contribution in [0.1, 0.15) is 16.1 Å². The number of halogens is 1. The SMILES string of the molecule is COc1ccc(-n2cccc2/C=N\NC(=O)c2ccccc2Br)cc1. The van der Waals surface area contributed by atoms with Gasteiger partial charge in [-0.15, -0.1) is 0 Å². The van der Waals surface area contributed by atoms with E-state index in [-0.39, 0.29) is 5.91 Å². The van der Waals surface area contributed by atoms with Crippen LogP contribution in [-0.2, 0) is 0 Å². The molecule has 3 rings (SSSR count). The molecule has 0 radical (unpaired) electrons. The second-order valence-corrected chi connectivity index (χ2v) is 6.03. The van der Waals surface area contributed by atoms with Gasteiger partial charge in [-0.2, -0.15) is 5.10 Å². The Hall–Kier alpha value is -2.86. The minimum absolute atomic E-state index is 0.272. The molecule has 6 heteroatoms. The van der Waals surface area contributed by atoms with Gasteiger partial charge in [0.25, 0.3) is 5.91 Å². The van der Waals surface area contributed by atoms with Gasteiger partial charge in [-0.05, 0) is 64.5 Å². The van der Waals surface area contributed by atoms with Crippen molar-refractivity contribution in [3.05, 3.63) is 82.6 Å². The summed E-state index contributed by atoms with van der Waals surface area (Å²) in [7, 11) is 1.64. The fourth-order valence-corrected chi connectivity index (χ4v) is 2.80. The molecule has 0 aliphatic heterocycles. The first-order chi connectivity index (χ1) is 12.2. The molecular formula is C19H16BrN3O2. The summed E-state index contributed by atoms with van der Waals surface area (Å²) < 4.78 is 7.86. The van der Waals surface area contributed by atoms with Crippen molar-refractivity contribution >= 4 is 28.1 Å². The Morgan fingerprint density at radius 3 is 2.60 bits per heavy atom. The Morgan fingerprint density at radius 2 is 1.88 bits per heavy atom. The van der Waals surface area contributed by atoms with E-state index >= 15 is 0 Å². The second kappa shape index (κ2) is 7.81. The van der Waals surface area contributed by atoms with E-state index in [0.717, 1.165) is 21.6 Å². The zero-order valence-corrected chi connectivity index (χ0v) is 15.1. The molecule has 1 amide bonds. The topological polar surface area (TPSA) is 55.6 Å². The number of hydrazone groups is 1. The quantitative estimate of drug-likeness (QED) is 0.522. The van der Waals surface area contributed by atoms with Crippen molar-refractivity contribution in [1.29, 1.82) is 0 Å². The lowest BCUT2D eigenvalue weighted by atomic mass is 10.2. The van der Waals surface area contributed by atoms with E-state index < -0.39 is 0 Å². The predicted octanol–water partition coefficient (Wildman–Crippen LogP) is 4.01. The Morgan fingerprint density at radius 1 is 1.12 bits per heavy atom. The zero-order valence-electron chi connectivity index (χ0n) is 13.5. The van der Waals surface area contributed by atoms with Crippen LogP contribution in [0.25, 0.3) is 5.69 Å². The van der Waals surface area contributed by atoms with Crippen LogP contribution in [0.5, 0.6) is 5.75 Å². The number of aromatic nitrogens is 1. The lowest BCUT2D eigenvalue weighted by molar-refractivity contribution is 0.0954.